The number of hydrogen-bond donors (Lipinski definition) is 1. The molecule has 13 nitrogen and oxygen atoms in total. The number of hydrogen-bond acceptors (Lipinski definition) is 8. The normalized spacial score (nSPS) is 12.0. The summed E-state index contributed by atoms with van der Waals surface area (Å²) < 4.78 is 15.7. The third kappa shape index (κ3) is 3.62. The zero-order chi connectivity index (χ0) is 29.2. The Hall–Kier alpha value is -5.46. The Labute approximate surface area is 230 Å². The standard InChI is InChI=1S/C28H24N6O7/c1-31-25-22(27(38)32(2)28(31)39)33(13-29-25)12-11-18(35)30-34-21-14-7-5-6-8-15(14)23(36)19(21)16-9-10-17(40-3)24(41-4)20(16)26(34)37/h5-10,13H,11-12H2,1-4H3,(H,30,35). The molecular weight excluding hydrogens is 532 g/mol. The molecule has 41 heavy (non-hydrogen) atoms. The van der Waals surface area contributed by atoms with Crippen LogP contribution in [0.4, 0.5) is 0 Å². The zero-order valence-electron chi connectivity index (χ0n) is 22.5. The van der Waals surface area contributed by atoms with Gasteiger partial charge < -0.3 is 14.0 Å². The van der Waals surface area contributed by atoms with Gasteiger partial charge in [0.25, 0.3) is 11.1 Å². The number of amides is 1. The first-order chi connectivity index (χ1) is 19.7. The van der Waals surface area contributed by atoms with Gasteiger partial charge in [-0.05, 0) is 12.1 Å². The fourth-order valence-corrected chi connectivity index (χ4v) is 5.38. The van der Waals surface area contributed by atoms with Crippen molar-refractivity contribution in [2.75, 3.05) is 19.6 Å². The second kappa shape index (κ2) is 9.33. The first kappa shape index (κ1) is 25.8. The molecule has 1 amide bonds. The summed E-state index contributed by atoms with van der Waals surface area (Å²) in [6, 6.07) is 10.1. The van der Waals surface area contributed by atoms with Crippen molar-refractivity contribution in [1.29, 1.82) is 0 Å². The largest absolute Gasteiger partial charge is 0.493 e. The van der Waals surface area contributed by atoms with Gasteiger partial charge in [-0.25, -0.2) is 14.5 Å². The van der Waals surface area contributed by atoms with E-state index in [9.17, 15) is 24.0 Å². The summed E-state index contributed by atoms with van der Waals surface area (Å²) in [5.74, 6) is -0.422. The maximum atomic E-state index is 14.0. The first-order valence-corrected chi connectivity index (χ1v) is 12.6. The second-order valence-corrected chi connectivity index (χ2v) is 9.56. The van der Waals surface area contributed by atoms with E-state index in [-0.39, 0.29) is 52.3 Å². The van der Waals surface area contributed by atoms with Gasteiger partial charge in [-0.1, -0.05) is 24.3 Å². The van der Waals surface area contributed by atoms with Crippen molar-refractivity contribution in [3.63, 3.8) is 0 Å². The van der Waals surface area contributed by atoms with E-state index < -0.39 is 22.7 Å². The van der Waals surface area contributed by atoms with Crippen molar-refractivity contribution in [3.05, 3.63) is 85.0 Å². The van der Waals surface area contributed by atoms with Gasteiger partial charge in [-0.15, -0.1) is 0 Å². The number of carbonyl (C=O) groups excluding carboxylic acids is 2. The Morgan fingerprint density at radius 1 is 0.927 bits per heavy atom. The fourth-order valence-electron chi connectivity index (χ4n) is 5.38. The Bertz CT molecular complexity index is 2130. The van der Waals surface area contributed by atoms with Gasteiger partial charge >= 0.3 is 5.69 Å². The Morgan fingerprint density at radius 3 is 2.37 bits per heavy atom. The number of carbonyl (C=O) groups is 2. The molecule has 5 aromatic rings. The van der Waals surface area contributed by atoms with Gasteiger partial charge in [-0.2, -0.15) is 0 Å². The van der Waals surface area contributed by atoms with Crippen molar-refractivity contribution < 1.29 is 19.1 Å². The third-order valence-electron chi connectivity index (χ3n) is 7.38. The quantitative estimate of drug-likeness (QED) is 0.321. The maximum absolute atomic E-state index is 14.0. The molecule has 13 heteroatoms. The number of benzene rings is 2. The second-order valence-electron chi connectivity index (χ2n) is 9.56. The molecule has 0 saturated carbocycles. The average Bonchev–Trinajstić information content (AvgIpc) is 3.54. The Morgan fingerprint density at radius 2 is 1.66 bits per heavy atom. The van der Waals surface area contributed by atoms with Crippen molar-refractivity contribution in [1.82, 2.24) is 23.4 Å². The van der Waals surface area contributed by atoms with Crippen LogP contribution in [0.5, 0.6) is 11.5 Å². The number of ether oxygens (including phenoxy) is 2. The van der Waals surface area contributed by atoms with E-state index in [1.807, 2.05) is 0 Å². The van der Waals surface area contributed by atoms with Crippen LogP contribution in [0.2, 0.25) is 0 Å². The van der Waals surface area contributed by atoms with Crippen molar-refractivity contribution in [3.8, 4) is 22.8 Å². The summed E-state index contributed by atoms with van der Waals surface area (Å²) in [4.78, 5) is 70.0. The van der Waals surface area contributed by atoms with E-state index in [0.29, 0.717) is 22.3 Å². The van der Waals surface area contributed by atoms with Crippen molar-refractivity contribution >= 4 is 33.6 Å². The maximum Gasteiger partial charge on any atom is 0.332 e. The van der Waals surface area contributed by atoms with Crippen molar-refractivity contribution in [2.24, 2.45) is 14.1 Å². The van der Waals surface area contributed by atoms with Crippen molar-refractivity contribution in [2.45, 2.75) is 13.0 Å². The number of imidazole rings is 1. The molecule has 208 valence electrons. The van der Waals surface area contributed by atoms with Crippen LogP contribution >= 0.6 is 0 Å². The monoisotopic (exact) mass is 556 g/mol. The predicted molar refractivity (Wildman–Crippen MR) is 149 cm³/mol. The molecule has 0 unspecified atom stereocenters. The summed E-state index contributed by atoms with van der Waals surface area (Å²) in [6.07, 6.45) is 1.23. The average molecular weight is 557 g/mol. The first-order valence-electron chi connectivity index (χ1n) is 12.6. The lowest BCUT2D eigenvalue weighted by molar-refractivity contribution is -0.117. The lowest BCUT2D eigenvalue weighted by Gasteiger charge is -2.18. The smallest absolute Gasteiger partial charge is 0.332 e. The van der Waals surface area contributed by atoms with E-state index in [4.69, 9.17) is 9.47 Å². The molecular formula is C28H24N6O7. The molecule has 0 saturated heterocycles. The summed E-state index contributed by atoms with van der Waals surface area (Å²) in [7, 11) is 5.69. The third-order valence-corrected chi connectivity index (χ3v) is 7.38. The fraction of sp³-hybridized carbons (Fsp3) is 0.214. The van der Waals surface area contributed by atoms with Crippen LogP contribution in [-0.2, 0) is 25.4 Å². The van der Waals surface area contributed by atoms with Crippen LogP contribution in [0.25, 0.3) is 33.2 Å². The van der Waals surface area contributed by atoms with E-state index >= 15 is 0 Å². The number of pyridine rings is 1. The molecule has 6 rings (SSSR count). The van der Waals surface area contributed by atoms with Crippen LogP contribution < -0.4 is 31.7 Å². The highest BCUT2D eigenvalue weighted by Crippen LogP contribution is 2.42. The van der Waals surface area contributed by atoms with Gasteiger partial charge in [0.15, 0.2) is 28.4 Å². The van der Waals surface area contributed by atoms with Gasteiger partial charge in [0, 0.05) is 43.6 Å². The van der Waals surface area contributed by atoms with Crippen LogP contribution in [0.3, 0.4) is 0 Å². The minimum absolute atomic E-state index is 0.0347. The van der Waals surface area contributed by atoms with Gasteiger partial charge in [-0.3, -0.25) is 33.7 Å². The van der Waals surface area contributed by atoms with E-state index in [1.54, 1.807) is 36.4 Å². The SMILES string of the molecule is COc1ccc2c3c(n(NC(=O)CCn4cnc5c4c(=O)n(C)c(=O)n5C)c(=O)c2c1OC)-c1ccccc1C3=O. The number of fused-ring (bicyclic) bond motifs is 6. The lowest BCUT2D eigenvalue weighted by atomic mass is 10.0. The molecule has 3 aromatic heterocycles. The van der Waals surface area contributed by atoms with Crippen LogP contribution in [0.1, 0.15) is 22.3 Å². The van der Waals surface area contributed by atoms with Crippen LogP contribution in [0.15, 0.2) is 57.1 Å². The highest BCUT2D eigenvalue weighted by Gasteiger charge is 2.34. The van der Waals surface area contributed by atoms with Crippen LogP contribution in [-0.4, -0.2) is 49.3 Å². The van der Waals surface area contributed by atoms with Gasteiger partial charge in [0.1, 0.15) is 0 Å². The summed E-state index contributed by atoms with van der Waals surface area (Å²) in [5, 5.41) is 0.456. The number of rotatable bonds is 6. The predicted octanol–water partition coefficient (Wildman–Crippen LogP) is 1.14. The minimum atomic E-state index is -0.607. The molecule has 0 aliphatic heterocycles. The molecule has 0 radical (unpaired) electrons. The zero-order valence-corrected chi connectivity index (χ0v) is 22.5. The van der Waals surface area contributed by atoms with E-state index in [2.05, 4.69) is 10.4 Å². The molecule has 1 N–H and O–H groups in total. The molecule has 0 fully saturated rings. The van der Waals surface area contributed by atoms with E-state index in [0.717, 1.165) is 9.24 Å². The Balaban J connectivity index is 1.46. The molecule has 2 aromatic carbocycles. The number of nitrogens with one attached hydrogen (secondary N) is 1. The number of aromatic nitrogens is 5. The van der Waals surface area contributed by atoms with Gasteiger partial charge in [0.05, 0.1) is 37.2 Å². The number of aryl methyl sites for hydroxylation is 2. The molecule has 1 aliphatic rings. The summed E-state index contributed by atoms with van der Waals surface area (Å²) >= 11 is 0. The highest BCUT2D eigenvalue weighted by molar-refractivity contribution is 6.27. The minimum Gasteiger partial charge on any atom is -0.493 e. The molecule has 0 bridgehead atoms. The Kier molecular flexibility index (Phi) is 5.87. The summed E-state index contributed by atoms with van der Waals surface area (Å²) in [6.45, 7) is 0.0347. The molecule has 0 atom stereocenters. The summed E-state index contributed by atoms with van der Waals surface area (Å²) in [5.41, 5.74) is 2.78. The molecule has 1 aliphatic carbocycles. The molecule has 3 heterocycles. The highest BCUT2D eigenvalue weighted by atomic mass is 16.5. The molecule has 0 spiro atoms. The topological polar surface area (TPSA) is 148 Å². The number of ketones is 1. The lowest BCUT2D eigenvalue weighted by Crippen LogP contribution is -2.38. The van der Waals surface area contributed by atoms with Gasteiger partial charge in [0.2, 0.25) is 5.91 Å². The number of methoxy groups -OCH3 is 2. The number of nitrogens with zero attached hydrogens (tertiary/aromatic N) is 5. The van der Waals surface area contributed by atoms with E-state index in [1.165, 1.54) is 43.8 Å². The van der Waals surface area contributed by atoms with Crippen LogP contribution in [0, 0.1) is 0 Å².